The van der Waals surface area contributed by atoms with Crippen molar-refractivity contribution in [2.45, 2.75) is 25.0 Å². The van der Waals surface area contributed by atoms with E-state index in [0.29, 0.717) is 30.4 Å². The predicted octanol–water partition coefficient (Wildman–Crippen LogP) is 3.70. The van der Waals surface area contributed by atoms with E-state index in [-0.39, 0.29) is 11.7 Å². The first-order valence-corrected chi connectivity index (χ1v) is 10.5. The van der Waals surface area contributed by atoms with Crippen molar-refractivity contribution in [3.63, 3.8) is 0 Å². The Balaban J connectivity index is 1.68. The minimum Gasteiger partial charge on any atom is -0.383 e. The molecule has 0 unspecified atom stereocenters. The lowest BCUT2D eigenvalue weighted by atomic mass is 10.1. The SMILES string of the molecule is COCCn1c(SCC(=O)Nc2ccc(CC#N)cc2)nnc1-c1cccc(C)c1. The van der Waals surface area contributed by atoms with Gasteiger partial charge in [-0.1, -0.05) is 47.7 Å². The van der Waals surface area contributed by atoms with E-state index >= 15 is 0 Å². The number of aryl methyl sites for hydroxylation is 1. The fraction of sp³-hybridized carbons (Fsp3) is 0.273. The number of carbonyl (C=O) groups excluding carboxylic acids is 1. The van der Waals surface area contributed by atoms with E-state index in [1.807, 2.05) is 41.8 Å². The normalized spacial score (nSPS) is 10.6. The fourth-order valence-corrected chi connectivity index (χ4v) is 3.67. The molecule has 0 saturated carbocycles. The van der Waals surface area contributed by atoms with Crippen molar-refractivity contribution in [1.82, 2.24) is 14.8 Å². The number of nitrogens with one attached hydrogen (secondary N) is 1. The van der Waals surface area contributed by atoms with Crippen LogP contribution in [0.3, 0.4) is 0 Å². The number of benzene rings is 2. The lowest BCUT2D eigenvalue weighted by Gasteiger charge is -2.10. The quantitative estimate of drug-likeness (QED) is 0.530. The molecular weight excluding hydrogens is 398 g/mol. The second-order valence-electron chi connectivity index (χ2n) is 6.69. The third-order valence-corrected chi connectivity index (χ3v) is 5.33. The first-order valence-electron chi connectivity index (χ1n) is 9.48. The molecule has 1 N–H and O–H groups in total. The highest BCUT2D eigenvalue weighted by molar-refractivity contribution is 7.99. The predicted molar refractivity (Wildman–Crippen MR) is 117 cm³/mol. The van der Waals surface area contributed by atoms with Crippen LogP contribution < -0.4 is 5.32 Å². The van der Waals surface area contributed by atoms with Gasteiger partial charge < -0.3 is 10.1 Å². The van der Waals surface area contributed by atoms with Gasteiger partial charge in [0.25, 0.3) is 0 Å². The van der Waals surface area contributed by atoms with E-state index < -0.39 is 0 Å². The number of thioether (sulfide) groups is 1. The van der Waals surface area contributed by atoms with E-state index in [0.717, 1.165) is 22.5 Å². The van der Waals surface area contributed by atoms with Crippen LogP contribution in [0.1, 0.15) is 11.1 Å². The molecular formula is C22H23N5O2S. The van der Waals surface area contributed by atoms with E-state index in [9.17, 15) is 4.79 Å². The van der Waals surface area contributed by atoms with Gasteiger partial charge in [0, 0.05) is 18.4 Å². The number of rotatable bonds is 9. The van der Waals surface area contributed by atoms with Crippen molar-refractivity contribution in [3.8, 4) is 17.5 Å². The average molecular weight is 422 g/mol. The summed E-state index contributed by atoms with van der Waals surface area (Å²) in [6.07, 6.45) is 0.352. The number of nitriles is 1. The lowest BCUT2D eigenvalue weighted by Crippen LogP contribution is -2.15. The zero-order valence-electron chi connectivity index (χ0n) is 17.0. The highest BCUT2D eigenvalue weighted by Crippen LogP contribution is 2.25. The van der Waals surface area contributed by atoms with Crippen molar-refractivity contribution in [3.05, 3.63) is 59.7 Å². The molecule has 7 nitrogen and oxygen atoms in total. The second-order valence-corrected chi connectivity index (χ2v) is 7.63. The standard InChI is InChI=1S/C22H23N5O2S/c1-16-4-3-5-18(14-16)21-25-26-22(27(21)12-13-29-2)30-15-20(28)24-19-8-6-17(7-9-19)10-11-23/h3-9,14H,10,12-13,15H2,1-2H3,(H,24,28). The maximum absolute atomic E-state index is 12.4. The van der Waals surface area contributed by atoms with Gasteiger partial charge in [-0.3, -0.25) is 9.36 Å². The van der Waals surface area contributed by atoms with Crippen LogP contribution in [0.2, 0.25) is 0 Å². The summed E-state index contributed by atoms with van der Waals surface area (Å²) < 4.78 is 7.21. The Hall–Kier alpha value is -3.15. The Bertz CT molecular complexity index is 1040. The molecule has 8 heteroatoms. The molecule has 0 aliphatic carbocycles. The molecule has 3 aromatic rings. The first-order chi connectivity index (χ1) is 14.6. The Labute approximate surface area is 180 Å². The van der Waals surface area contributed by atoms with Crippen LogP contribution in [-0.2, 0) is 22.5 Å². The summed E-state index contributed by atoms with van der Waals surface area (Å²) in [5.41, 5.74) is 3.74. The summed E-state index contributed by atoms with van der Waals surface area (Å²) in [5, 5.41) is 20.9. The van der Waals surface area contributed by atoms with Crippen molar-refractivity contribution >= 4 is 23.4 Å². The van der Waals surface area contributed by atoms with Crippen LogP contribution >= 0.6 is 11.8 Å². The molecule has 0 bridgehead atoms. The largest absolute Gasteiger partial charge is 0.383 e. The molecule has 3 rings (SSSR count). The smallest absolute Gasteiger partial charge is 0.234 e. The van der Waals surface area contributed by atoms with Crippen molar-refractivity contribution in [1.29, 1.82) is 5.26 Å². The fourth-order valence-electron chi connectivity index (χ4n) is 2.90. The zero-order chi connectivity index (χ0) is 21.3. The molecule has 1 aromatic heterocycles. The van der Waals surface area contributed by atoms with E-state index in [4.69, 9.17) is 10.00 Å². The number of amides is 1. The molecule has 0 aliphatic heterocycles. The third-order valence-electron chi connectivity index (χ3n) is 4.37. The van der Waals surface area contributed by atoms with Gasteiger partial charge in [0.15, 0.2) is 11.0 Å². The van der Waals surface area contributed by atoms with Gasteiger partial charge in [0.05, 0.1) is 31.4 Å². The van der Waals surface area contributed by atoms with Crippen molar-refractivity contribution < 1.29 is 9.53 Å². The first kappa shape index (κ1) is 21.6. The molecule has 1 heterocycles. The Morgan fingerprint density at radius 2 is 2.03 bits per heavy atom. The number of ether oxygens (including phenoxy) is 1. The molecule has 2 aromatic carbocycles. The van der Waals surface area contributed by atoms with Gasteiger partial charge in [-0.05, 0) is 30.7 Å². The number of aromatic nitrogens is 3. The second kappa shape index (κ2) is 10.6. The summed E-state index contributed by atoms with van der Waals surface area (Å²) in [6.45, 7) is 3.15. The van der Waals surface area contributed by atoms with Crippen LogP contribution in [0.4, 0.5) is 5.69 Å². The molecule has 0 radical (unpaired) electrons. The number of carbonyl (C=O) groups is 1. The number of anilines is 1. The van der Waals surface area contributed by atoms with Gasteiger partial charge in [0.1, 0.15) is 0 Å². The molecule has 0 saturated heterocycles. The molecule has 0 aliphatic rings. The summed E-state index contributed by atoms with van der Waals surface area (Å²) in [6, 6.07) is 17.4. The number of nitrogens with zero attached hydrogens (tertiary/aromatic N) is 4. The maximum Gasteiger partial charge on any atom is 0.234 e. The van der Waals surface area contributed by atoms with Crippen LogP contribution in [0, 0.1) is 18.3 Å². The number of hydrogen-bond donors (Lipinski definition) is 1. The number of hydrogen-bond acceptors (Lipinski definition) is 6. The van der Waals surface area contributed by atoms with Crippen molar-refractivity contribution in [2.75, 3.05) is 24.8 Å². The summed E-state index contributed by atoms with van der Waals surface area (Å²) in [5.74, 6) is 0.831. The van der Waals surface area contributed by atoms with Crippen LogP contribution in [0.25, 0.3) is 11.4 Å². The van der Waals surface area contributed by atoms with Gasteiger partial charge in [-0.15, -0.1) is 10.2 Å². The van der Waals surface area contributed by atoms with Gasteiger partial charge in [0.2, 0.25) is 5.91 Å². The molecule has 30 heavy (non-hydrogen) atoms. The highest BCUT2D eigenvalue weighted by Gasteiger charge is 2.16. The maximum atomic E-state index is 12.4. The van der Waals surface area contributed by atoms with Crippen molar-refractivity contribution in [2.24, 2.45) is 0 Å². The third kappa shape index (κ3) is 5.69. The molecule has 0 spiro atoms. The summed E-state index contributed by atoms with van der Waals surface area (Å²) in [7, 11) is 1.65. The van der Waals surface area contributed by atoms with E-state index in [1.165, 1.54) is 11.8 Å². The Morgan fingerprint density at radius 3 is 2.73 bits per heavy atom. The molecule has 154 valence electrons. The van der Waals surface area contributed by atoms with Crippen LogP contribution in [0.5, 0.6) is 0 Å². The Kier molecular flexibility index (Phi) is 7.60. The highest BCUT2D eigenvalue weighted by atomic mass is 32.2. The van der Waals surface area contributed by atoms with Crippen LogP contribution in [-0.4, -0.2) is 40.1 Å². The van der Waals surface area contributed by atoms with E-state index in [1.54, 1.807) is 19.2 Å². The molecule has 0 fully saturated rings. The van der Waals surface area contributed by atoms with Crippen LogP contribution in [0.15, 0.2) is 53.7 Å². The molecule has 1 amide bonds. The van der Waals surface area contributed by atoms with E-state index in [2.05, 4.69) is 27.6 Å². The molecule has 0 atom stereocenters. The zero-order valence-corrected chi connectivity index (χ0v) is 17.8. The minimum absolute atomic E-state index is 0.133. The Morgan fingerprint density at radius 1 is 1.23 bits per heavy atom. The summed E-state index contributed by atoms with van der Waals surface area (Å²) in [4.78, 5) is 12.4. The average Bonchev–Trinajstić information content (AvgIpc) is 3.15. The topological polar surface area (TPSA) is 92.8 Å². The lowest BCUT2D eigenvalue weighted by molar-refractivity contribution is -0.113. The number of methoxy groups -OCH3 is 1. The summed E-state index contributed by atoms with van der Waals surface area (Å²) >= 11 is 1.33. The van der Waals surface area contributed by atoms with Gasteiger partial charge in [-0.25, -0.2) is 0 Å². The van der Waals surface area contributed by atoms with Gasteiger partial charge in [-0.2, -0.15) is 5.26 Å². The minimum atomic E-state index is -0.133. The monoisotopic (exact) mass is 421 g/mol. The van der Waals surface area contributed by atoms with Gasteiger partial charge >= 0.3 is 0 Å².